The van der Waals surface area contributed by atoms with Gasteiger partial charge in [0.25, 0.3) is 0 Å². The third kappa shape index (κ3) is 4.07. The highest BCUT2D eigenvalue weighted by Gasteiger charge is 2.38. The fraction of sp³-hybridized carbons (Fsp3) is 0.667. The number of likely N-dealkylation sites (N-methyl/N-ethyl adjacent to an activating group) is 1. The summed E-state index contributed by atoms with van der Waals surface area (Å²) in [6.07, 6.45) is 5.12. The van der Waals surface area contributed by atoms with Gasteiger partial charge in [-0.3, -0.25) is 0 Å². The summed E-state index contributed by atoms with van der Waals surface area (Å²) in [6, 6.07) is 0. The van der Waals surface area contributed by atoms with Crippen molar-refractivity contribution in [2.75, 3.05) is 13.6 Å². The lowest BCUT2D eigenvalue weighted by molar-refractivity contribution is 0.281. The van der Waals surface area contributed by atoms with E-state index in [0.717, 1.165) is 18.5 Å². The van der Waals surface area contributed by atoms with E-state index in [0.29, 0.717) is 0 Å². The summed E-state index contributed by atoms with van der Waals surface area (Å²) >= 11 is 0. The largest absolute Gasteiger partial charge is 0.321 e. The third-order valence-electron chi connectivity index (χ3n) is 5.04. The fourth-order valence-electron chi connectivity index (χ4n) is 1.88. The van der Waals surface area contributed by atoms with E-state index in [-0.39, 0.29) is 10.8 Å². The van der Waals surface area contributed by atoms with Crippen LogP contribution in [0, 0.1) is 10.8 Å². The Morgan fingerprint density at radius 3 is 2.05 bits per heavy atom. The molecule has 0 aromatic carbocycles. The van der Waals surface area contributed by atoms with Crippen molar-refractivity contribution in [2.45, 2.75) is 53.5 Å². The van der Waals surface area contributed by atoms with Gasteiger partial charge < -0.3 is 11.1 Å². The summed E-state index contributed by atoms with van der Waals surface area (Å²) in [7, 11) is 1.96. The van der Waals surface area contributed by atoms with Crippen molar-refractivity contribution in [3.63, 3.8) is 0 Å². The molecule has 0 bridgehead atoms. The Kier molecular flexibility index (Phi) is 6.44. The first-order valence-electron chi connectivity index (χ1n) is 7.43. The first kappa shape index (κ1) is 19.1. The number of rotatable bonds is 8. The molecule has 1 atom stereocenters. The summed E-state index contributed by atoms with van der Waals surface area (Å²) in [4.78, 5) is 0. The highest BCUT2D eigenvalue weighted by Crippen LogP contribution is 2.39. The van der Waals surface area contributed by atoms with Gasteiger partial charge in [-0.1, -0.05) is 53.3 Å². The van der Waals surface area contributed by atoms with Gasteiger partial charge in [-0.05, 0) is 37.0 Å². The molecular formula is C18H34N2. The Bertz CT molecular complexity index is 384. The average Bonchev–Trinajstić information content (AvgIpc) is 2.37. The predicted molar refractivity (Wildman–Crippen MR) is 91.8 cm³/mol. The highest BCUT2D eigenvalue weighted by molar-refractivity contribution is 5.33. The van der Waals surface area contributed by atoms with Crippen molar-refractivity contribution in [3.8, 4) is 0 Å². The van der Waals surface area contributed by atoms with Gasteiger partial charge in [-0.15, -0.1) is 6.58 Å². The molecule has 0 aromatic heterocycles. The van der Waals surface area contributed by atoms with Crippen LogP contribution in [0.25, 0.3) is 0 Å². The van der Waals surface area contributed by atoms with Gasteiger partial charge in [0.15, 0.2) is 0 Å². The molecule has 0 saturated heterocycles. The first-order chi connectivity index (χ1) is 8.96. The van der Waals surface area contributed by atoms with E-state index < -0.39 is 5.54 Å². The second kappa shape index (κ2) is 6.73. The molecule has 116 valence electrons. The fourth-order valence-corrected chi connectivity index (χ4v) is 1.88. The van der Waals surface area contributed by atoms with Crippen molar-refractivity contribution in [1.29, 1.82) is 0 Å². The minimum Gasteiger partial charge on any atom is -0.321 e. The van der Waals surface area contributed by atoms with Gasteiger partial charge in [0.2, 0.25) is 0 Å². The Balaban J connectivity index is 5.67. The smallest absolute Gasteiger partial charge is 0.0397 e. The highest BCUT2D eigenvalue weighted by atomic mass is 14.8. The van der Waals surface area contributed by atoms with Crippen LogP contribution < -0.4 is 11.1 Å². The van der Waals surface area contributed by atoms with Gasteiger partial charge in [0, 0.05) is 17.5 Å². The SMILES string of the molecule is C=CC(C)(N)C(C)(C)/C(=C\C(=C)C(C)(C)CC)CNC. The maximum Gasteiger partial charge on any atom is 0.0397 e. The van der Waals surface area contributed by atoms with Crippen LogP contribution in [0.2, 0.25) is 0 Å². The molecule has 0 heterocycles. The van der Waals surface area contributed by atoms with Crippen molar-refractivity contribution >= 4 is 0 Å². The molecule has 0 rings (SSSR count). The van der Waals surface area contributed by atoms with Gasteiger partial charge in [0.1, 0.15) is 0 Å². The molecule has 0 aliphatic heterocycles. The maximum absolute atomic E-state index is 6.43. The minimum absolute atomic E-state index is 0.105. The second-order valence-electron chi connectivity index (χ2n) is 7.07. The number of nitrogens with two attached hydrogens (primary N) is 1. The molecule has 1 unspecified atom stereocenters. The predicted octanol–water partition coefficient (Wildman–Crippen LogP) is 4.05. The van der Waals surface area contributed by atoms with Crippen LogP contribution in [0.3, 0.4) is 0 Å². The molecular weight excluding hydrogens is 244 g/mol. The zero-order chi connectivity index (χ0) is 16.2. The van der Waals surface area contributed by atoms with E-state index in [4.69, 9.17) is 5.73 Å². The zero-order valence-corrected chi connectivity index (χ0v) is 14.6. The van der Waals surface area contributed by atoms with Crippen molar-refractivity contribution < 1.29 is 0 Å². The molecule has 0 saturated carbocycles. The summed E-state index contributed by atoms with van der Waals surface area (Å²) in [5, 5.41) is 3.25. The molecule has 0 aliphatic rings. The first-order valence-corrected chi connectivity index (χ1v) is 7.43. The molecule has 0 aromatic rings. The quantitative estimate of drug-likeness (QED) is 0.519. The van der Waals surface area contributed by atoms with Crippen molar-refractivity contribution in [1.82, 2.24) is 5.32 Å². The van der Waals surface area contributed by atoms with Crippen LogP contribution in [0.5, 0.6) is 0 Å². The van der Waals surface area contributed by atoms with Gasteiger partial charge in [-0.25, -0.2) is 0 Å². The number of nitrogens with one attached hydrogen (secondary N) is 1. The molecule has 2 heteroatoms. The molecule has 20 heavy (non-hydrogen) atoms. The summed E-state index contributed by atoms with van der Waals surface area (Å²) < 4.78 is 0. The second-order valence-corrected chi connectivity index (χ2v) is 7.07. The average molecular weight is 278 g/mol. The van der Waals surface area contributed by atoms with E-state index in [9.17, 15) is 0 Å². The van der Waals surface area contributed by atoms with Crippen LogP contribution >= 0.6 is 0 Å². The number of hydrogen-bond acceptors (Lipinski definition) is 2. The lowest BCUT2D eigenvalue weighted by Crippen LogP contribution is -2.50. The van der Waals surface area contributed by atoms with Crippen LogP contribution in [0.15, 0.2) is 36.5 Å². The molecule has 0 radical (unpaired) electrons. The Labute approximate surface area is 126 Å². The van der Waals surface area contributed by atoms with Gasteiger partial charge in [0.05, 0.1) is 0 Å². The van der Waals surface area contributed by atoms with E-state index in [1.54, 1.807) is 0 Å². The van der Waals surface area contributed by atoms with Crippen LogP contribution in [-0.2, 0) is 0 Å². The topological polar surface area (TPSA) is 38.0 Å². The minimum atomic E-state index is -0.466. The van der Waals surface area contributed by atoms with Crippen molar-refractivity contribution in [3.05, 3.63) is 36.5 Å². The standard InChI is InChI=1S/C18H34N2/c1-10-16(4,5)14(3)12-15(13-20-9)17(6,7)18(8,19)11-2/h11-12,20H,2-3,10,13,19H2,1,4-9H3/b15-12-. The number of hydrogen-bond donors (Lipinski definition) is 2. The van der Waals surface area contributed by atoms with Gasteiger partial charge >= 0.3 is 0 Å². The normalized spacial score (nSPS) is 16.7. The maximum atomic E-state index is 6.43. The van der Waals surface area contributed by atoms with E-state index in [1.807, 2.05) is 20.0 Å². The molecule has 0 amide bonds. The summed E-state index contributed by atoms with van der Waals surface area (Å²) in [5.74, 6) is 0. The zero-order valence-electron chi connectivity index (χ0n) is 14.6. The van der Waals surface area contributed by atoms with Crippen LogP contribution in [0.1, 0.15) is 48.0 Å². The van der Waals surface area contributed by atoms with E-state index in [1.165, 1.54) is 5.57 Å². The Morgan fingerprint density at radius 2 is 1.70 bits per heavy atom. The summed E-state index contributed by atoms with van der Waals surface area (Å²) in [6.45, 7) is 22.0. The van der Waals surface area contributed by atoms with Crippen LogP contribution in [-0.4, -0.2) is 19.1 Å². The number of allylic oxidation sites excluding steroid dienone is 2. The molecule has 0 spiro atoms. The Morgan fingerprint density at radius 1 is 1.20 bits per heavy atom. The molecule has 2 nitrogen and oxygen atoms in total. The van der Waals surface area contributed by atoms with Gasteiger partial charge in [-0.2, -0.15) is 0 Å². The molecule has 0 aliphatic carbocycles. The van der Waals surface area contributed by atoms with E-state index >= 15 is 0 Å². The monoisotopic (exact) mass is 278 g/mol. The van der Waals surface area contributed by atoms with Crippen LogP contribution in [0.4, 0.5) is 0 Å². The third-order valence-corrected chi connectivity index (χ3v) is 5.04. The summed E-state index contributed by atoms with van der Waals surface area (Å²) in [5.41, 5.74) is 8.29. The lowest BCUT2D eigenvalue weighted by Gasteiger charge is -2.42. The Hall–Kier alpha value is -0.860. The van der Waals surface area contributed by atoms with Crippen molar-refractivity contribution in [2.24, 2.45) is 16.6 Å². The van der Waals surface area contributed by atoms with E-state index in [2.05, 4.69) is 59.2 Å². The molecule has 0 fully saturated rings. The molecule has 3 N–H and O–H groups in total. The lowest BCUT2D eigenvalue weighted by atomic mass is 9.67.